The van der Waals surface area contributed by atoms with E-state index in [0.717, 1.165) is 55.6 Å². The molecule has 0 spiro atoms. The fourth-order valence-electron chi connectivity index (χ4n) is 4.89. The minimum atomic E-state index is -2.14. The predicted octanol–water partition coefficient (Wildman–Crippen LogP) is 5.07. The first-order chi connectivity index (χ1) is 19.1. The van der Waals surface area contributed by atoms with Crippen molar-refractivity contribution in [1.82, 2.24) is 9.97 Å². The number of amidine groups is 1. The highest BCUT2D eigenvalue weighted by Gasteiger charge is 2.24. The third kappa shape index (κ3) is 9.54. The highest BCUT2D eigenvalue weighted by atomic mass is 31.2. The maximum Gasteiger partial charge on any atom is 0.226 e. The molecule has 1 fully saturated rings. The average Bonchev–Trinajstić information content (AvgIpc) is 2.90. The van der Waals surface area contributed by atoms with Gasteiger partial charge in [0, 0.05) is 41.1 Å². The molecule has 1 unspecified atom stereocenters. The zero-order valence-corrected chi connectivity index (χ0v) is 25.6. The molecule has 0 radical (unpaired) electrons. The second-order valence-electron chi connectivity index (χ2n) is 10.5. The first-order valence-corrected chi connectivity index (χ1v) is 16.7. The zero-order chi connectivity index (χ0) is 29.2. The van der Waals surface area contributed by atoms with Crippen LogP contribution in [-0.4, -0.2) is 48.5 Å². The Morgan fingerprint density at radius 3 is 2.40 bits per heavy atom. The van der Waals surface area contributed by atoms with E-state index >= 15 is 0 Å². The third-order valence-corrected chi connectivity index (χ3v) is 10.0. The molecule has 1 saturated carbocycles. The minimum Gasteiger partial charge on any atom is -0.388 e. The van der Waals surface area contributed by atoms with Crippen LogP contribution in [-0.2, 0) is 0 Å². The summed E-state index contributed by atoms with van der Waals surface area (Å²) in [6.45, 7) is 7.95. The van der Waals surface area contributed by atoms with Gasteiger partial charge in [-0.25, -0.2) is 0 Å². The standard InChI is InChI=1S/C28H43N7O3P2/c1-5-17-35(19(2)3)27-20(4)26(31-22-13-15-24(16-14-22)39(36)18-40(37)38)33-28(34-27)32-23-11-9-21(10-12-23)7-6-8-25(29)30/h13-16,19,21,23,36-38H,6-12,18H2,1-4H3,(H3,29,30)(H2,31,32,33,34). The molecule has 1 aliphatic carbocycles. The van der Waals surface area contributed by atoms with E-state index in [1.165, 1.54) is 0 Å². The fraction of sp³-hybridized carbons (Fsp3) is 0.536. The number of rotatable bonds is 13. The first-order valence-electron chi connectivity index (χ1n) is 13.8. The van der Waals surface area contributed by atoms with E-state index in [1.807, 2.05) is 30.9 Å². The molecule has 12 heteroatoms. The Morgan fingerprint density at radius 2 is 1.82 bits per heavy atom. The summed E-state index contributed by atoms with van der Waals surface area (Å²) in [5, 5.41) is 15.1. The van der Waals surface area contributed by atoms with Crippen molar-refractivity contribution in [2.24, 2.45) is 11.7 Å². The molecule has 1 aromatic heterocycles. The Morgan fingerprint density at radius 1 is 1.15 bits per heavy atom. The van der Waals surface area contributed by atoms with Crippen molar-refractivity contribution in [3.05, 3.63) is 29.8 Å². The van der Waals surface area contributed by atoms with Crippen molar-refractivity contribution in [1.29, 1.82) is 5.41 Å². The zero-order valence-electron chi connectivity index (χ0n) is 23.9. The molecule has 1 aromatic carbocycles. The van der Waals surface area contributed by atoms with Gasteiger partial charge < -0.3 is 31.0 Å². The number of anilines is 4. The van der Waals surface area contributed by atoms with Crippen LogP contribution in [0.2, 0.25) is 0 Å². The van der Waals surface area contributed by atoms with Crippen LogP contribution >= 0.6 is 16.5 Å². The normalized spacial score (nSPS) is 17.7. The second kappa shape index (κ2) is 15.5. The molecular formula is C28H43N7O3P2. The summed E-state index contributed by atoms with van der Waals surface area (Å²) in [5.74, 6) is 5.89. The number of nitrogens with two attached hydrogens (primary N) is 1. The molecule has 1 aliphatic rings. The molecule has 8 N–H and O–H groups in total. The van der Waals surface area contributed by atoms with Crippen molar-refractivity contribution in [2.45, 2.75) is 84.7 Å². The molecule has 1 heterocycles. The smallest absolute Gasteiger partial charge is 0.226 e. The summed E-state index contributed by atoms with van der Waals surface area (Å²) >= 11 is 0. The molecule has 10 nitrogen and oxygen atoms in total. The van der Waals surface area contributed by atoms with Crippen LogP contribution in [0.4, 0.5) is 23.3 Å². The summed E-state index contributed by atoms with van der Waals surface area (Å²) in [5.41, 5.74) is 7.18. The number of nitrogens with zero attached hydrogens (tertiary/aromatic N) is 3. The predicted molar refractivity (Wildman–Crippen MR) is 168 cm³/mol. The maximum atomic E-state index is 10.3. The van der Waals surface area contributed by atoms with E-state index in [1.54, 1.807) is 12.1 Å². The molecule has 3 rings (SSSR count). The van der Waals surface area contributed by atoms with E-state index in [4.69, 9.17) is 21.1 Å². The van der Waals surface area contributed by atoms with E-state index in [-0.39, 0.29) is 23.8 Å². The molecule has 40 heavy (non-hydrogen) atoms. The van der Waals surface area contributed by atoms with Crippen LogP contribution in [0.1, 0.15) is 71.3 Å². The van der Waals surface area contributed by atoms with Gasteiger partial charge in [-0.05, 0) is 77.8 Å². The number of nitrogens with one attached hydrogen (secondary N) is 3. The van der Waals surface area contributed by atoms with Gasteiger partial charge in [0.2, 0.25) is 5.95 Å². The van der Waals surface area contributed by atoms with Gasteiger partial charge in [0.1, 0.15) is 5.82 Å². The summed E-state index contributed by atoms with van der Waals surface area (Å²) < 4.78 is 0. The van der Waals surface area contributed by atoms with E-state index in [0.29, 0.717) is 29.4 Å². The molecular weight excluding hydrogens is 544 g/mol. The number of aromatic nitrogens is 2. The molecule has 0 aliphatic heterocycles. The number of hydrogen-bond donors (Lipinski definition) is 7. The monoisotopic (exact) mass is 587 g/mol. The van der Waals surface area contributed by atoms with E-state index < -0.39 is 16.5 Å². The highest BCUT2D eigenvalue weighted by molar-refractivity contribution is 7.71. The Kier molecular flexibility index (Phi) is 12.4. The molecule has 2 aromatic rings. The van der Waals surface area contributed by atoms with Gasteiger partial charge in [0.05, 0.1) is 19.9 Å². The first kappa shape index (κ1) is 32.0. The molecule has 0 bridgehead atoms. The topological polar surface area (TPSA) is 164 Å². The molecule has 218 valence electrons. The highest BCUT2D eigenvalue weighted by Crippen LogP contribution is 2.42. The summed E-state index contributed by atoms with van der Waals surface area (Å²) in [6.07, 6.45) is 7.11. The van der Waals surface area contributed by atoms with E-state index in [9.17, 15) is 14.7 Å². The maximum absolute atomic E-state index is 10.3. The molecule has 0 saturated heterocycles. The lowest BCUT2D eigenvalue weighted by molar-refractivity contribution is 0.316. The average molecular weight is 588 g/mol. The largest absolute Gasteiger partial charge is 0.388 e. The van der Waals surface area contributed by atoms with Crippen molar-refractivity contribution in [3.8, 4) is 12.0 Å². The summed E-state index contributed by atoms with van der Waals surface area (Å²) in [6, 6.07) is 10.9. The second-order valence-corrected chi connectivity index (χ2v) is 13.7. The van der Waals surface area contributed by atoms with Gasteiger partial charge in [0.25, 0.3) is 0 Å². The van der Waals surface area contributed by atoms with Gasteiger partial charge in [0.15, 0.2) is 14.2 Å². The Bertz CT molecular complexity index is 1180. The van der Waals surface area contributed by atoms with Crippen molar-refractivity contribution in [3.63, 3.8) is 0 Å². The van der Waals surface area contributed by atoms with Gasteiger partial charge in [-0.2, -0.15) is 9.97 Å². The Labute approximate surface area is 240 Å². The summed E-state index contributed by atoms with van der Waals surface area (Å²) in [7, 11) is -3.76. The lowest BCUT2D eigenvalue weighted by Crippen LogP contribution is -2.30. The Hall–Kier alpha value is -2.53. The van der Waals surface area contributed by atoms with Crippen molar-refractivity contribution >= 4 is 50.9 Å². The quantitative estimate of drug-likeness (QED) is 0.0557. The van der Waals surface area contributed by atoms with Gasteiger partial charge in [-0.3, -0.25) is 10.3 Å². The van der Waals surface area contributed by atoms with Gasteiger partial charge in [-0.15, -0.1) is 0 Å². The van der Waals surface area contributed by atoms with Gasteiger partial charge in [-0.1, -0.05) is 24.5 Å². The molecule has 1 atom stereocenters. The lowest BCUT2D eigenvalue weighted by Gasteiger charge is -2.30. The Balaban J connectivity index is 1.80. The number of hydrogen-bond acceptors (Lipinski definition) is 9. The van der Waals surface area contributed by atoms with Crippen LogP contribution in [0.25, 0.3) is 0 Å². The van der Waals surface area contributed by atoms with Crippen molar-refractivity contribution in [2.75, 3.05) is 21.4 Å². The van der Waals surface area contributed by atoms with Crippen LogP contribution < -0.4 is 26.6 Å². The third-order valence-electron chi connectivity index (χ3n) is 7.02. The van der Waals surface area contributed by atoms with Crippen LogP contribution in [0.3, 0.4) is 0 Å². The number of benzene rings is 1. The minimum absolute atomic E-state index is 0.0231. The van der Waals surface area contributed by atoms with Crippen molar-refractivity contribution < 1.29 is 14.7 Å². The van der Waals surface area contributed by atoms with E-state index in [2.05, 4.69) is 36.4 Å². The lowest BCUT2D eigenvalue weighted by atomic mass is 9.83. The fourth-order valence-corrected chi connectivity index (χ4v) is 6.99. The van der Waals surface area contributed by atoms with Crippen LogP contribution in [0.15, 0.2) is 24.3 Å². The van der Waals surface area contributed by atoms with Gasteiger partial charge >= 0.3 is 0 Å². The SMILES string of the molecule is CC#CN(c1nc(NC2CCC(CCCC(=N)N)CC2)nc(Nc2ccc(P(O)CP(O)O)cc2)c1C)C(C)C. The summed E-state index contributed by atoms with van der Waals surface area (Å²) in [4.78, 5) is 40.5. The van der Waals surface area contributed by atoms with Crippen LogP contribution in [0, 0.1) is 30.2 Å². The van der Waals surface area contributed by atoms with Crippen LogP contribution in [0.5, 0.6) is 0 Å². The molecule has 0 amide bonds.